The molecule has 1 aliphatic rings. The van der Waals surface area contributed by atoms with Crippen LogP contribution in [0.2, 0.25) is 0 Å². The highest BCUT2D eigenvalue weighted by atomic mass is 31.2. The highest BCUT2D eigenvalue weighted by Crippen LogP contribution is 2.47. The van der Waals surface area contributed by atoms with Crippen LogP contribution in [-0.2, 0) is 32.7 Å². The van der Waals surface area contributed by atoms with Gasteiger partial charge in [0, 0.05) is 12.8 Å². The average Bonchev–Trinajstić information content (AvgIpc) is 3.21. The molecule has 0 spiro atoms. The van der Waals surface area contributed by atoms with Gasteiger partial charge in [-0.25, -0.2) is 4.57 Å². The zero-order chi connectivity index (χ0) is 43.6. The van der Waals surface area contributed by atoms with Gasteiger partial charge in [0.25, 0.3) is 0 Å². The molecule has 1 rings (SSSR count). The van der Waals surface area contributed by atoms with Gasteiger partial charge in [0.05, 0.1) is 6.61 Å². The lowest BCUT2D eigenvalue weighted by atomic mass is 9.85. The van der Waals surface area contributed by atoms with Crippen LogP contribution in [0.25, 0.3) is 0 Å². The Morgan fingerprint density at radius 3 is 1.44 bits per heavy atom. The zero-order valence-electron chi connectivity index (χ0n) is 36.0. The second-order valence-electron chi connectivity index (χ2n) is 15.6. The van der Waals surface area contributed by atoms with Crippen LogP contribution in [0.15, 0.2) is 48.6 Å². The zero-order valence-corrected chi connectivity index (χ0v) is 36.9. The molecule has 0 aromatic carbocycles. The number of esters is 2. The van der Waals surface area contributed by atoms with E-state index in [-0.39, 0.29) is 12.8 Å². The van der Waals surface area contributed by atoms with E-state index in [0.29, 0.717) is 19.3 Å². The molecule has 0 heterocycles. The highest BCUT2D eigenvalue weighted by molar-refractivity contribution is 7.47. The molecule has 0 bridgehead atoms. The van der Waals surface area contributed by atoms with E-state index < -0.39 is 75.7 Å². The smallest absolute Gasteiger partial charge is 0.462 e. The minimum absolute atomic E-state index is 0.0847. The van der Waals surface area contributed by atoms with Crippen LogP contribution < -0.4 is 0 Å². The van der Waals surface area contributed by atoms with E-state index in [9.17, 15) is 44.6 Å². The molecule has 0 aromatic rings. The van der Waals surface area contributed by atoms with Crippen molar-refractivity contribution in [2.75, 3.05) is 13.2 Å². The Hall–Kier alpha value is -2.19. The molecule has 0 aromatic heterocycles. The second kappa shape index (κ2) is 35.4. The van der Waals surface area contributed by atoms with Gasteiger partial charge in [0.15, 0.2) is 6.10 Å². The summed E-state index contributed by atoms with van der Waals surface area (Å²) in [6.07, 6.45) is 27.7. The van der Waals surface area contributed by atoms with Crippen molar-refractivity contribution in [1.82, 2.24) is 0 Å². The number of aliphatic hydroxyl groups is 5. The molecule has 342 valence electrons. The molecule has 6 unspecified atom stereocenters. The van der Waals surface area contributed by atoms with Crippen molar-refractivity contribution in [3.63, 3.8) is 0 Å². The fraction of sp³-hybridized carbons (Fsp3) is 0.778. The van der Waals surface area contributed by atoms with Gasteiger partial charge in [-0.2, -0.15) is 0 Å². The van der Waals surface area contributed by atoms with Crippen LogP contribution in [0.1, 0.15) is 168 Å². The topological polar surface area (TPSA) is 210 Å². The third kappa shape index (κ3) is 28.1. The maximum Gasteiger partial charge on any atom is 0.472 e. The summed E-state index contributed by atoms with van der Waals surface area (Å²) in [5, 5.41) is 50.0. The van der Waals surface area contributed by atoms with E-state index in [4.69, 9.17) is 18.5 Å². The van der Waals surface area contributed by atoms with Crippen LogP contribution in [-0.4, -0.2) is 98.3 Å². The molecule has 8 atom stereocenters. The largest absolute Gasteiger partial charge is 0.472 e. The Labute approximate surface area is 354 Å². The summed E-state index contributed by atoms with van der Waals surface area (Å²) in [5.74, 6) is -1.17. The first-order valence-electron chi connectivity index (χ1n) is 22.4. The molecule has 14 heteroatoms. The molecule has 6 N–H and O–H groups in total. The van der Waals surface area contributed by atoms with Crippen molar-refractivity contribution in [1.29, 1.82) is 0 Å². The van der Waals surface area contributed by atoms with Gasteiger partial charge in [-0.3, -0.25) is 18.6 Å². The number of hydrogen-bond acceptors (Lipinski definition) is 12. The first-order valence-corrected chi connectivity index (χ1v) is 23.9. The quantitative estimate of drug-likeness (QED) is 0.0152. The van der Waals surface area contributed by atoms with Crippen molar-refractivity contribution in [2.45, 2.75) is 211 Å². The van der Waals surface area contributed by atoms with Gasteiger partial charge in [-0.1, -0.05) is 152 Å². The van der Waals surface area contributed by atoms with Gasteiger partial charge in [-0.05, 0) is 51.4 Å². The summed E-state index contributed by atoms with van der Waals surface area (Å²) in [6.45, 7) is 3.20. The summed E-state index contributed by atoms with van der Waals surface area (Å²) < 4.78 is 33.3. The van der Waals surface area contributed by atoms with Crippen molar-refractivity contribution < 1.29 is 63.1 Å². The third-order valence-electron chi connectivity index (χ3n) is 10.2. The Bertz CT molecular complexity index is 1220. The van der Waals surface area contributed by atoms with Gasteiger partial charge in [-0.15, -0.1) is 0 Å². The SMILES string of the molecule is CCCCCCCCC/C=C/C/C=C/C/C=C/C/C=C/CCCC(=O)OC[C@@H](COP(=O)(O)OC1C(O)C(O)C(O)[C@H](O)C1O)OC(=O)CCCCCCCCCCC. The second-order valence-corrected chi connectivity index (χ2v) is 17.0. The minimum atomic E-state index is -5.12. The Morgan fingerprint density at radius 1 is 0.525 bits per heavy atom. The lowest BCUT2D eigenvalue weighted by Gasteiger charge is -2.41. The third-order valence-corrected chi connectivity index (χ3v) is 11.2. The van der Waals surface area contributed by atoms with Crippen molar-refractivity contribution in [3.05, 3.63) is 48.6 Å². The molecule has 1 aliphatic carbocycles. The summed E-state index contributed by atoms with van der Waals surface area (Å²) in [5.41, 5.74) is 0. The van der Waals surface area contributed by atoms with E-state index in [1.807, 2.05) is 12.2 Å². The molecule has 0 aliphatic heterocycles. The minimum Gasteiger partial charge on any atom is -0.462 e. The number of rotatable bonds is 36. The lowest BCUT2D eigenvalue weighted by molar-refractivity contribution is -0.220. The molecular formula is C45H79O13P. The van der Waals surface area contributed by atoms with E-state index in [1.54, 1.807) is 0 Å². The normalized spacial score (nSPS) is 22.8. The summed E-state index contributed by atoms with van der Waals surface area (Å²) in [7, 11) is -5.12. The van der Waals surface area contributed by atoms with Crippen molar-refractivity contribution >= 4 is 19.8 Å². The van der Waals surface area contributed by atoms with E-state index in [1.165, 1.54) is 70.6 Å². The number of phosphoric acid groups is 1. The monoisotopic (exact) mass is 859 g/mol. The van der Waals surface area contributed by atoms with Gasteiger partial charge < -0.3 is 39.9 Å². The maximum atomic E-state index is 12.8. The molecule has 0 amide bonds. The fourth-order valence-corrected chi connectivity index (χ4v) is 7.49. The van der Waals surface area contributed by atoms with Gasteiger partial charge in [0.2, 0.25) is 0 Å². The van der Waals surface area contributed by atoms with Crippen LogP contribution in [0.4, 0.5) is 0 Å². The first-order chi connectivity index (χ1) is 28.4. The van der Waals surface area contributed by atoms with E-state index in [2.05, 4.69) is 50.3 Å². The highest BCUT2D eigenvalue weighted by Gasteiger charge is 2.51. The van der Waals surface area contributed by atoms with Gasteiger partial charge in [0.1, 0.15) is 43.2 Å². The fourth-order valence-electron chi connectivity index (χ4n) is 6.51. The number of aliphatic hydroxyl groups excluding tert-OH is 5. The molecule has 1 fully saturated rings. The number of carbonyl (C=O) groups is 2. The van der Waals surface area contributed by atoms with Crippen LogP contribution in [0.5, 0.6) is 0 Å². The van der Waals surface area contributed by atoms with E-state index >= 15 is 0 Å². The molecular weight excluding hydrogens is 779 g/mol. The number of ether oxygens (including phenoxy) is 2. The number of hydrogen-bond donors (Lipinski definition) is 6. The molecule has 1 saturated carbocycles. The predicted octanol–water partition coefficient (Wildman–Crippen LogP) is 8.39. The summed E-state index contributed by atoms with van der Waals surface area (Å²) in [6, 6.07) is 0. The predicted molar refractivity (Wildman–Crippen MR) is 230 cm³/mol. The van der Waals surface area contributed by atoms with Crippen molar-refractivity contribution in [2.24, 2.45) is 0 Å². The summed E-state index contributed by atoms with van der Waals surface area (Å²) >= 11 is 0. The van der Waals surface area contributed by atoms with Crippen LogP contribution >= 0.6 is 7.82 Å². The van der Waals surface area contributed by atoms with Crippen LogP contribution in [0.3, 0.4) is 0 Å². The average molecular weight is 859 g/mol. The van der Waals surface area contributed by atoms with Crippen LogP contribution in [0, 0.1) is 0 Å². The number of unbranched alkanes of at least 4 members (excludes halogenated alkanes) is 16. The first kappa shape index (κ1) is 54.8. The number of phosphoric ester groups is 1. The Morgan fingerprint density at radius 2 is 0.932 bits per heavy atom. The molecule has 0 radical (unpaired) electrons. The van der Waals surface area contributed by atoms with E-state index in [0.717, 1.165) is 51.4 Å². The number of allylic oxidation sites excluding steroid dienone is 8. The molecule has 59 heavy (non-hydrogen) atoms. The Balaban J connectivity index is 2.46. The van der Waals surface area contributed by atoms with Gasteiger partial charge >= 0.3 is 19.8 Å². The molecule has 0 saturated heterocycles. The number of carbonyl (C=O) groups excluding carboxylic acids is 2. The molecule has 13 nitrogen and oxygen atoms in total. The lowest BCUT2D eigenvalue weighted by Crippen LogP contribution is -2.64. The maximum absolute atomic E-state index is 12.8. The summed E-state index contributed by atoms with van der Waals surface area (Å²) in [4.78, 5) is 35.5. The standard InChI is InChI=1S/C45H79O13P/c1-3-5-7-9-11-13-14-15-16-17-18-19-20-21-22-23-24-26-27-29-31-33-38(46)55-35-37(57-39(47)34-32-30-28-25-12-10-8-6-4-2)36-56-59(53,54)58-45-43(51)41(49)40(48)42(50)44(45)52/h16-17,19-20,22-23,26-27,37,40-45,48-52H,3-15,18,21,24-25,28-36H2,1-2H3,(H,53,54)/b17-16+,20-19+,23-22+,27-26+/t37-,40?,41-,42?,43?,44?,45?/m0/s1. The Kier molecular flexibility index (Phi) is 32.9. The van der Waals surface area contributed by atoms with Crippen molar-refractivity contribution in [3.8, 4) is 0 Å².